The van der Waals surface area contributed by atoms with Gasteiger partial charge in [-0.3, -0.25) is 4.68 Å². The van der Waals surface area contributed by atoms with Crippen molar-refractivity contribution in [1.29, 1.82) is 0 Å². The second-order valence-corrected chi connectivity index (χ2v) is 4.74. The number of hydrogen-bond acceptors (Lipinski definition) is 2. The molecule has 1 aromatic rings. The standard InChI is InChI=1S/C13H25N3/c1-5-16-13(9-11(2)3)12(10-15-16)7-6-8-14-4/h10-11,14H,5-9H2,1-4H3. The maximum Gasteiger partial charge on any atom is 0.0524 e. The van der Waals surface area contributed by atoms with E-state index in [1.807, 2.05) is 7.05 Å². The highest BCUT2D eigenvalue weighted by molar-refractivity contribution is 5.18. The van der Waals surface area contributed by atoms with Crippen molar-refractivity contribution in [3.05, 3.63) is 17.5 Å². The summed E-state index contributed by atoms with van der Waals surface area (Å²) in [7, 11) is 2.00. The summed E-state index contributed by atoms with van der Waals surface area (Å²) in [6, 6.07) is 0. The number of nitrogens with one attached hydrogen (secondary N) is 1. The van der Waals surface area contributed by atoms with E-state index in [4.69, 9.17) is 0 Å². The minimum atomic E-state index is 0.699. The zero-order chi connectivity index (χ0) is 12.0. The second kappa shape index (κ2) is 6.69. The number of rotatable bonds is 7. The van der Waals surface area contributed by atoms with Crippen LogP contribution in [0.25, 0.3) is 0 Å². The van der Waals surface area contributed by atoms with Crippen LogP contribution in [0.2, 0.25) is 0 Å². The van der Waals surface area contributed by atoms with Crippen LogP contribution >= 0.6 is 0 Å². The first-order valence-electron chi connectivity index (χ1n) is 6.37. The van der Waals surface area contributed by atoms with Gasteiger partial charge in [-0.15, -0.1) is 0 Å². The highest BCUT2D eigenvalue weighted by Gasteiger charge is 2.10. The molecule has 0 fully saturated rings. The third-order valence-corrected chi connectivity index (χ3v) is 2.81. The maximum absolute atomic E-state index is 4.46. The minimum Gasteiger partial charge on any atom is -0.320 e. The van der Waals surface area contributed by atoms with Gasteiger partial charge in [0.1, 0.15) is 0 Å². The Morgan fingerprint density at radius 1 is 1.44 bits per heavy atom. The van der Waals surface area contributed by atoms with Crippen molar-refractivity contribution in [3.63, 3.8) is 0 Å². The second-order valence-electron chi connectivity index (χ2n) is 4.74. The molecular formula is C13H25N3. The van der Waals surface area contributed by atoms with Crippen LogP contribution in [-0.2, 0) is 19.4 Å². The molecule has 0 unspecified atom stereocenters. The molecule has 0 radical (unpaired) electrons. The van der Waals surface area contributed by atoms with Crippen LogP contribution in [-0.4, -0.2) is 23.4 Å². The highest BCUT2D eigenvalue weighted by Crippen LogP contribution is 2.15. The first-order chi connectivity index (χ1) is 7.69. The van der Waals surface area contributed by atoms with Crippen molar-refractivity contribution in [2.24, 2.45) is 5.92 Å². The number of nitrogens with zero attached hydrogens (tertiary/aromatic N) is 2. The van der Waals surface area contributed by atoms with E-state index in [0.29, 0.717) is 5.92 Å². The van der Waals surface area contributed by atoms with Gasteiger partial charge in [0.05, 0.1) is 6.20 Å². The SMILES string of the molecule is CCn1ncc(CCCNC)c1CC(C)C. The number of aryl methyl sites for hydroxylation is 2. The van der Waals surface area contributed by atoms with Crippen LogP contribution in [0.5, 0.6) is 0 Å². The Morgan fingerprint density at radius 3 is 2.75 bits per heavy atom. The molecule has 1 rings (SSSR count). The van der Waals surface area contributed by atoms with Crippen molar-refractivity contribution in [3.8, 4) is 0 Å². The van der Waals surface area contributed by atoms with Gasteiger partial charge in [-0.1, -0.05) is 13.8 Å². The number of aromatic nitrogens is 2. The Labute approximate surface area is 99.2 Å². The molecule has 0 saturated heterocycles. The topological polar surface area (TPSA) is 29.9 Å². The molecule has 0 aliphatic rings. The molecular weight excluding hydrogens is 198 g/mol. The zero-order valence-electron chi connectivity index (χ0n) is 11.1. The molecule has 0 amide bonds. The van der Waals surface area contributed by atoms with Gasteiger partial charge in [-0.05, 0) is 51.3 Å². The highest BCUT2D eigenvalue weighted by atomic mass is 15.3. The van der Waals surface area contributed by atoms with E-state index in [1.165, 1.54) is 17.7 Å². The van der Waals surface area contributed by atoms with Gasteiger partial charge in [0.15, 0.2) is 0 Å². The molecule has 1 N–H and O–H groups in total. The first kappa shape index (κ1) is 13.2. The molecule has 16 heavy (non-hydrogen) atoms. The van der Waals surface area contributed by atoms with Crippen molar-refractivity contribution in [1.82, 2.24) is 15.1 Å². The van der Waals surface area contributed by atoms with Gasteiger partial charge in [-0.25, -0.2) is 0 Å². The predicted octanol–water partition coefficient (Wildman–Crippen LogP) is 2.25. The van der Waals surface area contributed by atoms with Gasteiger partial charge >= 0.3 is 0 Å². The normalized spacial score (nSPS) is 11.3. The molecule has 1 heterocycles. The summed E-state index contributed by atoms with van der Waals surface area (Å²) in [5.41, 5.74) is 2.87. The van der Waals surface area contributed by atoms with Gasteiger partial charge < -0.3 is 5.32 Å². The van der Waals surface area contributed by atoms with E-state index in [0.717, 1.165) is 25.9 Å². The molecule has 1 aromatic heterocycles. The molecule has 92 valence electrons. The fourth-order valence-corrected chi connectivity index (χ4v) is 2.01. The molecule has 0 spiro atoms. The average molecular weight is 223 g/mol. The molecule has 0 aromatic carbocycles. The van der Waals surface area contributed by atoms with E-state index in [9.17, 15) is 0 Å². The molecule has 0 atom stereocenters. The third kappa shape index (κ3) is 3.63. The fraction of sp³-hybridized carbons (Fsp3) is 0.769. The third-order valence-electron chi connectivity index (χ3n) is 2.81. The summed E-state index contributed by atoms with van der Waals surface area (Å²) in [4.78, 5) is 0. The van der Waals surface area contributed by atoms with Crippen molar-refractivity contribution in [2.75, 3.05) is 13.6 Å². The van der Waals surface area contributed by atoms with Crippen LogP contribution in [0.15, 0.2) is 6.20 Å². The Kier molecular flexibility index (Phi) is 5.53. The van der Waals surface area contributed by atoms with Crippen molar-refractivity contribution < 1.29 is 0 Å². The molecule has 3 heteroatoms. The summed E-state index contributed by atoms with van der Waals surface area (Å²) in [5.74, 6) is 0.699. The summed E-state index contributed by atoms with van der Waals surface area (Å²) >= 11 is 0. The quantitative estimate of drug-likeness (QED) is 0.719. The van der Waals surface area contributed by atoms with Crippen LogP contribution in [0.1, 0.15) is 38.4 Å². The van der Waals surface area contributed by atoms with E-state index >= 15 is 0 Å². The largest absolute Gasteiger partial charge is 0.320 e. The Morgan fingerprint density at radius 2 is 2.19 bits per heavy atom. The Balaban J connectivity index is 2.70. The van der Waals surface area contributed by atoms with Gasteiger partial charge in [-0.2, -0.15) is 5.10 Å². The average Bonchev–Trinajstić information content (AvgIpc) is 2.61. The van der Waals surface area contributed by atoms with Crippen LogP contribution in [0, 0.1) is 5.92 Å². The maximum atomic E-state index is 4.46. The monoisotopic (exact) mass is 223 g/mol. The lowest BCUT2D eigenvalue weighted by Gasteiger charge is -2.10. The lowest BCUT2D eigenvalue weighted by molar-refractivity contribution is 0.558. The lowest BCUT2D eigenvalue weighted by Crippen LogP contribution is -2.10. The summed E-state index contributed by atoms with van der Waals surface area (Å²) in [6.45, 7) is 8.76. The summed E-state index contributed by atoms with van der Waals surface area (Å²) < 4.78 is 2.15. The lowest BCUT2D eigenvalue weighted by atomic mass is 10.0. The van der Waals surface area contributed by atoms with E-state index in [-0.39, 0.29) is 0 Å². The van der Waals surface area contributed by atoms with E-state index < -0.39 is 0 Å². The molecule has 0 aliphatic carbocycles. The smallest absolute Gasteiger partial charge is 0.0524 e. The summed E-state index contributed by atoms with van der Waals surface area (Å²) in [5, 5.41) is 7.65. The number of hydrogen-bond donors (Lipinski definition) is 1. The molecule has 0 saturated carbocycles. The van der Waals surface area contributed by atoms with E-state index in [1.54, 1.807) is 0 Å². The molecule has 0 aliphatic heterocycles. The minimum absolute atomic E-state index is 0.699. The Bertz CT molecular complexity index is 302. The van der Waals surface area contributed by atoms with Crippen LogP contribution in [0.4, 0.5) is 0 Å². The van der Waals surface area contributed by atoms with Gasteiger partial charge in [0, 0.05) is 12.2 Å². The zero-order valence-corrected chi connectivity index (χ0v) is 11.1. The predicted molar refractivity (Wildman–Crippen MR) is 68.7 cm³/mol. The van der Waals surface area contributed by atoms with Gasteiger partial charge in [0.2, 0.25) is 0 Å². The molecule has 3 nitrogen and oxygen atoms in total. The van der Waals surface area contributed by atoms with E-state index in [2.05, 4.69) is 42.1 Å². The summed E-state index contributed by atoms with van der Waals surface area (Å²) in [6.07, 6.45) is 5.53. The Hall–Kier alpha value is -0.830. The van der Waals surface area contributed by atoms with Crippen molar-refractivity contribution in [2.45, 2.75) is 46.6 Å². The molecule has 0 bridgehead atoms. The fourth-order valence-electron chi connectivity index (χ4n) is 2.01. The van der Waals surface area contributed by atoms with Crippen molar-refractivity contribution >= 4 is 0 Å². The van der Waals surface area contributed by atoms with Gasteiger partial charge in [0.25, 0.3) is 0 Å². The van der Waals surface area contributed by atoms with Crippen LogP contribution in [0.3, 0.4) is 0 Å². The van der Waals surface area contributed by atoms with Crippen LogP contribution < -0.4 is 5.32 Å². The first-order valence-corrected chi connectivity index (χ1v) is 6.37.